The molecule has 5 nitrogen and oxygen atoms in total. The summed E-state index contributed by atoms with van der Waals surface area (Å²) in [5.74, 6) is -1.13. The molecule has 0 saturated carbocycles. The smallest absolute Gasteiger partial charge is 0.256 e. The van der Waals surface area contributed by atoms with E-state index in [0.29, 0.717) is 13.0 Å². The first-order valence-corrected chi connectivity index (χ1v) is 6.04. The van der Waals surface area contributed by atoms with Crippen LogP contribution in [-0.2, 0) is 4.79 Å². The highest BCUT2D eigenvalue weighted by Crippen LogP contribution is 2.16. The third-order valence-electron chi connectivity index (χ3n) is 2.64. The molecular weight excluding hydrogens is 249 g/mol. The minimum absolute atomic E-state index is 0.0417. The number of amides is 2. The number of anilines is 1. The normalized spacial score (nSPS) is 10.1. The van der Waals surface area contributed by atoms with Crippen molar-refractivity contribution in [3.05, 3.63) is 29.6 Å². The van der Waals surface area contributed by atoms with Crippen LogP contribution in [0.3, 0.4) is 0 Å². The van der Waals surface area contributed by atoms with E-state index in [2.05, 4.69) is 5.32 Å². The number of nitrogen functional groups attached to an aromatic ring is 1. The van der Waals surface area contributed by atoms with Crippen LogP contribution in [0.5, 0.6) is 0 Å². The summed E-state index contributed by atoms with van der Waals surface area (Å²) < 4.78 is 13.0. The lowest BCUT2D eigenvalue weighted by molar-refractivity contribution is -0.121. The van der Waals surface area contributed by atoms with E-state index >= 15 is 0 Å². The van der Waals surface area contributed by atoms with Gasteiger partial charge in [-0.15, -0.1) is 0 Å². The number of carbonyl (C=O) groups is 2. The molecule has 0 fully saturated rings. The highest BCUT2D eigenvalue weighted by molar-refractivity contribution is 6.00. The van der Waals surface area contributed by atoms with Gasteiger partial charge < -0.3 is 16.0 Å². The Labute approximate surface area is 111 Å². The molecule has 1 aromatic carbocycles. The molecule has 2 amide bonds. The Bertz CT molecular complexity index is 477. The van der Waals surface area contributed by atoms with Crippen LogP contribution in [0.2, 0.25) is 0 Å². The van der Waals surface area contributed by atoms with E-state index in [1.807, 2.05) is 6.92 Å². The van der Waals surface area contributed by atoms with E-state index in [1.165, 1.54) is 24.1 Å². The fraction of sp³-hybridized carbons (Fsp3) is 0.385. The Morgan fingerprint density at radius 2 is 2.11 bits per heavy atom. The number of hydrogen-bond acceptors (Lipinski definition) is 3. The van der Waals surface area contributed by atoms with Crippen LogP contribution < -0.4 is 11.1 Å². The maximum Gasteiger partial charge on any atom is 0.256 e. The number of likely N-dealkylation sites (N-methyl/N-ethyl adjacent to an activating group) is 1. The molecule has 0 aliphatic heterocycles. The molecule has 0 bridgehead atoms. The van der Waals surface area contributed by atoms with Crippen molar-refractivity contribution in [1.82, 2.24) is 10.2 Å². The maximum atomic E-state index is 13.0. The third kappa shape index (κ3) is 3.94. The highest BCUT2D eigenvalue weighted by Gasteiger charge is 2.19. The van der Waals surface area contributed by atoms with Gasteiger partial charge in [-0.2, -0.15) is 0 Å². The quantitative estimate of drug-likeness (QED) is 0.782. The summed E-state index contributed by atoms with van der Waals surface area (Å²) in [5.41, 5.74) is 5.91. The van der Waals surface area contributed by atoms with Crippen molar-refractivity contribution in [2.45, 2.75) is 13.3 Å². The van der Waals surface area contributed by atoms with Crippen molar-refractivity contribution < 1.29 is 14.0 Å². The Balaban J connectivity index is 2.95. The van der Waals surface area contributed by atoms with Gasteiger partial charge in [0.1, 0.15) is 5.82 Å². The molecule has 19 heavy (non-hydrogen) atoms. The number of halogens is 1. The van der Waals surface area contributed by atoms with Crippen molar-refractivity contribution in [2.24, 2.45) is 0 Å². The summed E-state index contributed by atoms with van der Waals surface area (Å²) in [5, 5.41) is 2.46. The molecule has 1 aromatic rings. The SMILES string of the molecule is CCCN(CC(=O)NC)C(=O)c1ccc(F)cc1N. The third-order valence-corrected chi connectivity index (χ3v) is 2.64. The second-order valence-electron chi connectivity index (χ2n) is 4.13. The number of rotatable bonds is 5. The lowest BCUT2D eigenvalue weighted by Gasteiger charge is -2.22. The van der Waals surface area contributed by atoms with Gasteiger partial charge in [0.15, 0.2) is 0 Å². The number of nitrogens with two attached hydrogens (primary N) is 1. The fourth-order valence-corrected chi connectivity index (χ4v) is 1.67. The molecular formula is C13H18FN3O2. The van der Waals surface area contributed by atoms with Gasteiger partial charge in [0.2, 0.25) is 5.91 Å². The largest absolute Gasteiger partial charge is 0.398 e. The van der Waals surface area contributed by atoms with Crippen molar-refractivity contribution in [1.29, 1.82) is 0 Å². The average Bonchev–Trinajstić information content (AvgIpc) is 2.37. The van der Waals surface area contributed by atoms with Gasteiger partial charge in [-0.05, 0) is 24.6 Å². The van der Waals surface area contributed by atoms with Crippen LogP contribution in [-0.4, -0.2) is 36.9 Å². The number of hydrogen-bond donors (Lipinski definition) is 2. The Kier molecular flexibility index (Phi) is 5.29. The highest BCUT2D eigenvalue weighted by atomic mass is 19.1. The monoisotopic (exact) mass is 267 g/mol. The second-order valence-corrected chi connectivity index (χ2v) is 4.13. The van der Waals surface area contributed by atoms with E-state index in [1.54, 1.807) is 0 Å². The van der Waals surface area contributed by atoms with E-state index in [9.17, 15) is 14.0 Å². The molecule has 6 heteroatoms. The first-order chi connectivity index (χ1) is 8.99. The average molecular weight is 267 g/mol. The molecule has 104 valence electrons. The van der Waals surface area contributed by atoms with E-state index in [-0.39, 0.29) is 29.6 Å². The van der Waals surface area contributed by atoms with E-state index < -0.39 is 5.82 Å². The molecule has 0 atom stereocenters. The maximum absolute atomic E-state index is 13.0. The van der Waals surface area contributed by atoms with Crippen LogP contribution >= 0.6 is 0 Å². The predicted octanol–water partition coefficient (Wildman–Crippen LogP) is 1.01. The topological polar surface area (TPSA) is 75.4 Å². The number of nitrogens with one attached hydrogen (secondary N) is 1. The van der Waals surface area contributed by atoms with Crippen LogP contribution in [0, 0.1) is 5.82 Å². The first kappa shape index (κ1) is 14.9. The van der Waals surface area contributed by atoms with Crippen molar-refractivity contribution in [3.63, 3.8) is 0 Å². The van der Waals surface area contributed by atoms with Crippen LogP contribution in [0.25, 0.3) is 0 Å². The lowest BCUT2D eigenvalue weighted by Crippen LogP contribution is -2.40. The Morgan fingerprint density at radius 3 is 2.63 bits per heavy atom. The van der Waals surface area contributed by atoms with Gasteiger partial charge in [0, 0.05) is 19.3 Å². The molecule has 0 spiro atoms. The standard InChI is InChI=1S/C13H18FN3O2/c1-3-6-17(8-12(18)16-2)13(19)10-5-4-9(14)7-11(10)15/h4-5,7H,3,6,8,15H2,1-2H3,(H,16,18). The molecule has 0 saturated heterocycles. The van der Waals surface area contributed by atoms with E-state index in [0.717, 1.165) is 6.07 Å². The summed E-state index contributed by atoms with van der Waals surface area (Å²) in [6.07, 6.45) is 0.712. The number of nitrogens with zero attached hydrogens (tertiary/aromatic N) is 1. The van der Waals surface area contributed by atoms with Gasteiger partial charge in [-0.1, -0.05) is 6.92 Å². The number of benzene rings is 1. The number of carbonyl (C=O) groups excluding carboxylic acids is 2. The predicted molar refractivity (Wildman–Crippen MR) is 71.1 cm³/mol. The second kappa shape index (κ2) is 6.72. The van der Waals surface area contributed by atoms with Gasteiger partial charge >= 0.3 is 0 Å². The summed E-state index contributed by atoms with van der Waals surface area (Å²) in [7, 11) is 1.50. The molecule has 0 aromatic heterocycles. The van der Waals surface area contributed by atoms with Crippen LogP contribution in [0.1, 0.15) is 23.7 Å². The van der Waals surface area contributed by atoms with Crippen molar-refractivity contribution in [3.8, 4) is 0 Å². The van der Waals surface area contributed by atoms with Gasteiger partial charge in [-0.3, -0.25) is 9.59 Å². The minimum Gasteiger partial charge on any atom is -0.398 e. The fourth-order valence-electron chi connectivity index (χ4n) is 1.67. The summed E-state index contributed by atoms with van der Waals surface area (Å²) in [6.45, 7) is 2.29. The zero-order chi connectivity index (χ0) is 14.4. The summed E-state index contributed by atoms with van der Waals surface area (Å²) >= 11 is 0. The minimum atomic E-state index is -0.498. The zero-order valence-corrected chi connectivity index (χ0v) is 11.1. The molecule has 0 aliphatic rings. The molecule has 0 heterocycles. The summed E-state index contributed by atoms with van der Waals surface area (Å²) in [4.78, 5) is 25.0. The Morgan fingerprint density at radius 1 is 1.42 bits per heavy atom. The van der Waals surface area contributed by atoms with Gasteiger partial charge in [-0.25, -0.2) is 4.39 Å². The van der Waals surface area contributed by atoms with Crippen LogP contribution in [0.4, 0.5) is 10.1 Å². The first-order valence-electron chi connectivity index (χ1n) is 6.04. The Hall–Kier alpha value is -2.11. The van der Waals surface area contributed by atoms with Crippen molar-refractivity contribution in [2.75, 3.05) is 25.9 Å². The lowest BCUT2D eigenvalue weighted by atomic mass is 10.1. The molecule has 0 unspecified atom stereocenters. The van der Waals surface area contributed by atoms with Gasteiger partial charge in [0.05, 0.1) is 12.1 Å². The zero-order valence-electron chi connectivity index (χ0n) is 11.1. The van der Waals surface area contributed by atoms with E-state index in [4.69, 9.17) is 5.73 Å². The molecule has 0 radical (unpaired) electrons. The molecule has 0 aliphatic carbocycles. The van der Waals surface area contributed by atoms with Crippen LogP contribution in [0.15, 0.2) is 18.2 Å². The van der Waals surface area contributed by atoms with Gasteiger partial charge in [0.25, 0.3) is 5.91 Å². The molecule has 1 rings (SSSR count). The summed E-state index contributed by atoms with van der Waals surface area (Å²) in [6, 6.07) is 3.60. The molecule has 3 N–H and O–H groups in total. The van der Waals surface area contributed by atoms with Crippen molar-refractivity contribution >= 4 is 17.5 Å².